The molecule has 0 fully saturated rings. The third-order valence-corrected chi connectivity index (χ3v) is 5.28. The zero-order valence-electron chi connectivity index (χ0n) is 13.7. The van der Waals surface area contributed by atoms with Gasteiger partial charge in [-0.1, -0.05) is 17.7 Å². The van der Waals surface area contributed by atoms with Gasteiger partial charge in [0.25, 0.3) is 0 Å². The molecule has 0 saturated carbocycles. The molecule has 0 aliphatic rings. The lowest BCUT2D eigenvalue weighted by Crippen LogP contribution is -2.38. The standard InChI is InChI=1S/C15H21NO6S/c1-11-5-6-13(12(2)9-11)23(19,20)16(10-15(18)22-4)8-7-14(17)21-3/h5-6,9H,7-8,10H2,1-4H3. The fourth-order valence-corrected chi connectivity index (χ4v) is 3.63. The highest BCUT2D eigenvalue weighted by Crippen LogP contribution is 2.21. The lowest BCUT2D eigenvalue weighted by Gasteiger charge is -2.21. The van der Waals surface area contributed by atoms with Crippen LogP contribution >= 0.6 is 0 Å². The van der Waals surface area contributed by atoms with Crippen LogP contribution in [0.3, 0.4) is 0 Å². The summed E-state index contributed by atoms with van der Waals surface area (Å²) >= 11 is 0. The molecule has 128 valence electrons. The number of hydrogen-bond acceptors (Lipinski definition) is 6. The highest BCUT2D eigenvalue weighted by atomic mass is 32.2. The van der Waals surface area contributed by atoms with E-state index in [1.54, 1.807) is 19.1 Å². The third kappa shape index (κ3) is 5.04. The van der Waals surface area contributed by atoms with E-state index in [1.807, 2.05) is 6.92 Å². The average Bonchev–Trinajstić information content (AvgIpc) is 2.49. The van der Waals surface area contributed by atoms with E-state index in [4.69, 9.17) is 0 Å². The zero-order chi connectivity index (χ0) is 17.6. The summed E-state index contributed by atoms with van der Waals surface area (Å²) in [7, 11) is -1.55. The fraction of sp³-hybridized carbons (Fsp3) is 0.467. The van der Waals surface area contributed by atoms with E-state index in [-0.39, 0.29) is 17.9 Å². The number of carbonyl (C=O) groups excluding carboxylic acids is 2. The van der Waals surface area contributed by atoms with Crippen molar-refractivity contribution in [1.29, 1.82) is 0 Å². The molecule has 0 bridgehead atoms. The summed E-state index contributed by atoms with van der Waals surface area (Å²) in [6.45, 7) is 2.89. The molecule has 0 saturated heterocycles. The Labute approximate surface area is 136 Å². The van der Waals surface area contributed by atoms with Gasteiger partial charge in [-0.2, -0.15) is 4.31 Å². The number of ether oxygens (including phenoxy) is 2. The van der Waals surface area contributed by atoms with Crippen molar-refractivity contribution < 1.29 is 27.5 Å². The first-order valence-electron chi connectivity index (χ1n) is 6.93. The highest BCUT2D eigenvalue weighted by molar-refractivity contribution is 7.89. The van der Waals surface area contributed by atoms with Crippen molar-refractivity contribution in [3.8, 4) is 0 Å². The smallest absolute Gasteiger partial charge is 0.321 e. The second kappa shape index (κ2) is 8.07. The van der Waals surface area contributed by atoms with Crippen LogP contribution in [-0.2, 0) is 29.1 Å². The molecule has 0 N–H and O–H groups in total. The number of benzene rings is 1. The first-order chi connectivity index (χ1) is 10.7. The molecule has 0 heterocycles. The van der Waals surface area contributed by atoms with Gasteiger partial charge >= 0.3 is 11.9 Å². The minimum absolute atomic E-state index is 0.0943. The Bertz CT molecular complexity index is 683. The highest BCUT2D eigenvalue weighted by Gasteiger charge is 2.28. The van der Waals surface area contributed by atoms with E-state index in [9.17, 15) is 18.0 Å². The Hall–Kier alpha value is -1.93. The monoisotopic (exact) mass is 343 g/mol. The Balaban J connectivity index is 3.15. The Morgan fingerprint density at radius 1 is 1.09 bits per heavy atom. The number of aryl methyl sites for hydroxylation is 2. The van der Waals surface area contributed by atoms with Gasteiger partial charge < -0.3 is 9.47 Å². The fourth-order valence-electron chi connectivity index (χ4n) is 2.04. The molecule has 0 spiro atoms. The minimum atomic E-state index is -3.93. The Kier molecular flexibility index (Phi) is 6.71. The first-order valence-corrected chi connectivity index (χ1v) is 8.37. The summed E-state index contributed by atoms with van der Waals surface area (Å²) < 4.78 is 35.5. The molecule has 0 atom stereocenters. The molecule has 7 nitrogen and oxygen atoms in total. The Morgan fingerprint density at radius 2 is 1.70 bits per heavy atom. The van der Waals surface area contributed by atoms with Crippen LogP contribution in [0.5, 0.6) is 0 Å². The second-order valence-electron chi connectivity index (χ2n) is 5.01. The maximum Gasteiger partial charge on any atom is 0.321 e. The first kappa shape index (κ1) is 19.1. The number of hydrogen-bond donors (Lipinski definition) is 0. The normalized spacial score (nSPS) is 11.3. The van der Waals surface area contributed by atoms with Gasteiger partial charge in [-0.3, -0.25) is 9.59 Å². The molecule has 0 aliphatic carbocycles. The molecule has 0 radical (unpaired) electrons. The molecule has 0 unspecified atom stereocenters. The van der Waals surface area contributed by atoms with E-state index < -0.39 is 28.5 Å². The molecular weight excluding hydrogens is 322 g/mol. The van der Waals surface area contributed by atoms with Crippen molar-refractivity contribution in [2.75, 3.05) is 27.3 Å². The van der Waals surface area contributed by atoms with Gasteiger partial charge in [0.05, 0.1) is 25.5 Å². The number of rotatable bonds is 7. The van der Waals surface area contributed by atoms with Crippen molar-refractivity contribution in [3.63, 3.8) is 0 Å². The molecule has 1 aromatic rings. The summed E-state index contributed by atoms with van der Waals surface area (Å²) in [6, 6.07) is 4.91. The van der Waals surface area contributed by atoms with Crippen LogP contribution in [0.25, 0.3) is 0 Å². The summed E-state index contributed by atoms with van der Waals surface area (Å²) in [4.78, 5) is 22.9. The molecule has 0 amide bonds. The minimum Gasteiger partial charge on any atom is -0.469 e. The van der Waals surface area contributed by atoms with Crippen LogP contribution in [-0.4, -0.2) is 52.0 Å². The average molecular weight is 343 g/mol. The maximum absolute atomic E-state index is 12.8. The van der Waals surface area contributed by atoms with Gasteiger partial charge in [-0.05, 0) is 25.5 Å². The summed E-state index contributed by atoms with van der Waals surface area (Å²) in [6.07, 6.45) is -0.155. The molecule has 8 heteroatoms. The van der Waals surface area contributed by atoms with E-state index in [0.717, 1.165) is 9.87 Å². The SMILES string of the molecule is COC(=O)CCN(CC(=O)OC)S(=O)(=O)c1ccc(C)cc1C. The van der Waals surface area contributed by atoms with Gasteiger partial charge in [-0.15, -0.1) is 0 Å². The van der Waals surface area contributed by atoms with Gasteiger partial charge in [0.2, 0.25) is 10.0 Å². The van der Waals surface area contributed by atoms with Crippen molar-refractivity contribution >= 4 is 22.0 Å². The van der Waals surface area contributed by atoms with Crippen LogP contribution in [0.2, 0.25) is 0 Å². The van der Waals surface area contributed by atoms with Gasteiger partial charge in [0, 0.05) is 6.54 Å². The zero-order valence-corrected chi connectivity index (χ0v) is 14.5. The molecule has 0 aromatic heterocycles. The van der Waals surface area contributed by atoms with Crippen LogP contribution in [0.4, 0.5) is 0 Å². The number of sulfonamides is 1. The summed E-state index contributed by atoms with van der Waals surface area (Å²) in [5.41, 5.74) is 1.49. The lowest BCUT2D eigenvalue weighted by molar-refractivity contribution is -0.143. The van der Waals surface area contributed by atoms with Crippen LogP contribution < -0.4 is 0 Å². The van der Waals surface area contributed by atoms with Crippen LogP contribution in [0, 0.1) is 13.8 Å². The van der Waals surface area contributed by atoms with Crippen molar-refractivity contribution in [2.45, 2.75) is 25.2 Å². The predicted octanol–water partition coefficient (Wildman–Crippen LogP) is 1.03. The van der Waals surface area contributed by atoms with Crippen LogP contribution in [0.1, 0.15) is 17.5 Å². The largest absolute Gasteiger partial charge is 0.469 e. The summed E-state index contributed by atoms with van der Waals surface area (Å²) in [5.74, 6) is -1.26. The number of methoxy groups -OCH3 is 2. The van der Waals surface area contributed by atoms with E-state index in [2.05, 4.69) is 9.47 Å². The maximum atomic E-state index is 12.8. The third-order valence-electron chi connectivity index (χ3n) is 3.27. The molecule has 23 heavy (non-hydrogen) atoms. The van der Waals surface area contributed by atoms with E-state index in [1.165, 1.54) is 20.3 Å². The number of carbonyl (C=O) groups is 2. The number of esters is 2. The van der Waals surface area contributed by atoms with Crippen molar-refractivity contribution in [1.82, 2.24) is 4.31 Å². The topological polar surface area (TPSA) is 90.0 Å². The quantitative estimate of drug-likeness (QED) is 0.687. The molecule has 1 aromatic carbocycles. The predicted molar refractivity (Wildman–Crippen MR) is 83.3 cm³/mol. The lowest BCUT2D eigenvalue weighted by atomic mass is 10.2. The molecule has 1 rings (SSSR count). The van der Waals surface area contributed by atoms with Gasteiger partial charge in [0.15, 0.2) is 0 Å². The second-order valence-corrected chi connectivity index (χ2v) is 6.92. The van der Waals surface area contributed by atoms with E-state index >= 15 is 0 Å². The van der Waals surface area contributed by atoms with E-state index in [0.29, 0.717) is 5.56 Å². The molecular formula is C15H21NO6S. The van der Waals surface area contributed by atoms with Crippen LogP contribution in [0.15, 0.2) is 23.1 Å². The van der Waals surface area contributed by atoms with Gasteiger partial charge in [0.1, 0.15) is 6.54 Å². The van der Waals surface area contributed by atoms with Crippen molar-refractivity contribution in [3.05, 3.63) is 29.3 Å². The molecule has 0 aliphatic heterocycles. The Morgan fingerprint density at radius 3 is 2.22 bits per heavy atom. The number of nitrogens with zero attached hydrogens (tertiary/aromatic N) is 1. The summed E-state index contributed by atoms with van der Waals surface area (Å²) in [5, 5.41) is 0. The van der Waals surface area contributed by atoms with Crippen molar-refractivity contribution in [2.24, 2.45) is 0 Å². The van der Waals surface area contributed by atoms with Gasteiger partial charge in [-0.25, -0.2) is 8.42 Å².